The van der Waals surface area contributed by atoms with E-state index < -0.39 is 0 Å². The first-order valence-corrected chi connectivity index (χ1v) is 7.64. The number of piperidine rings is 1. The van der Waals surface area contributed by atoms with Crippen LogP contribution in [0.3, 0.4) is 0 Å². The number of nitriles is 1. The maximum absolute atomic E-state index is 11.7. The molecule has 0 aromatic heterocycles. The quantitative estimate of drug-likeness (QED) is 0.845. The summed E-state index contributed by atoms with van der Waals surface area (Å²) in [5.74, 6) is 0.0205. The molecule has 0 amide bonds. The average molecular weight is 285 g/mol. The molecule has 1 unspecified atom stereocenters. The molecule has 0 radical (unpaired) electrons. The summed E-state index contributed by atoms with van der Waals surface area (Å²) in [7, 11) is 0. The number of carbonyl (C=O) groups is 1. The SMILES string of the molecule is CC(=O)c1ccc(C#N)cc1NC(C)CN1CCCCC1. The van der Waals surface area contributed by atoms with Crippen molar-refractivity contribution in [3.05, 3.63) is 29.3 Å². The first kappa shape index (κ1) is 15.5. The van der Waals surface area contributed by atoms with Crippen LogP contribution in [0.5, 0.6) is 0 Å². The molecule has 1 heterocycles. The van der Waals surface area contributed by atoms with Crippen molar-refractivity contribution in [2.45, 2.75) is 39.2 Å². The molecular formula is C17H23N3O. The third-order valence-electron chi connectivity index (χ3n) is 3.91. The van der Waals surface area contributed by atoms with Crippen molar-refractivity contribution in [1.82, 2.24) is 4.90 Å². The number of ketones is 1. The first-order chi connectivity index (χ1) is 10.1. The van der Waals surface area contributed by atoms with Crippen LogP contribution >= 0.6 is 0 Å². The summed E-state index contributed by atoms with van der Waals surface area (Å²) in [5, 5.41) is 12.4. The number of rotatable bonds is 5. The first-order valence-electron chi connectivity index (χ1n) is 7.64. The number of benzene rings is 1. The van der Waals surface area contributed by atoms with E-state index in [1.165, 1.54) is 19.3 Å². The van der Waals surface area contributed by atoms with Gasteiger partial charge in [-0.05, 0) is 58.0 Å². The van der Waals surface area contributed by atoms with E-state index in [9.17, 15) is 4.79 Å². The van der Waals surface area contributed by atoms with Gasteiger partial charge in [0.15, 0.2) is 5.78 Å². The van der Waals surface area contributed by atoms with Crippen molar-refractivity contribution in [2.75, 3.05) is 25.0 Å². The number of Topliss-reactive ketones (excluding diaryl/α,β-unsaturated/α-hetero) is 1. The Kier molecular flexibility index (Phi) is 5.35. The molecule has 1 aromatic rings. The molecule has 0 aliphatic carbocycles. The van der Waals surface area contributed by atoms with Crippen LogP contribution in [-0.4, -0.2) is 36.4 Å². The van der Waals surface area contributed by atoms with Crippen molar-refractivity contribution in [2.24, 2.45) is 0 Å². The molecular weight excluding hydrogens is 262 g/mol. The van der Waals surface area contributed by atoms with E-state index in [1.54, 1.807) is 25.1 Å². The second-order valence-electron chi connectivity index (χ2n) is 5.84. The summed E-state index contributed by atoms with van der Waals surface area (Å²) in [6.07, 6.45) is 3.88. The summed E-state index contributed by atoms with van der Waals surface area (Å²) in [6, 6.07) is 7.56. The van der Waals surface area contributed by atoms with Gasteiger partial charge in [-0.1, -0.05) is 6.42 Å². The molecule has 4 heteroatoms. The van der Waals surface area contributed by atoms with Gasteiger partial charge in [0, 0.05) is 23.8 Å². The zero-order chi connectivity index (χ0) is 15.2. The number of carbonyl (C=O) groups excluding carboxylic acids is 1. The van der Waals surface area contributed by atoms with Crippen molar-refractivity contribution in [1.29, 1.82) is 5.26 Å². The number of likely N-dealkylation sites (tertiary alicyclic amines) is 1. The van der Waals surface area contributed by atoms with E-state index in [0.717, 1.165) is 25.3 Å². The van der Waals surface area contributed by atoms with Gasteiger partial charge in [-0.3, -0.25) is 4.79 Å². The molecule has 0 saturated carbocycles. The summed E-state index contributed by atoms with van der Waals surface area (Å²) >= 11 is 0. The zero-order valence-corrected chi connectivity index (χ0v) is 12.9. The van der Waals surface area contributed by atoms with E-state index in [4.69, 9.17) is 5.26 Å². The second-order valence-corrected chi connectivity index (χ2v) is 5.84. The average Bonchev–Trinajstić information content (AvgIpc) is 2.47. The normalized spacial score (nSPS) is 17.0. The van der Waals surface area contributed by atoms with Crippen LogP contribution in [0, 0.1) is 11.3 Å². The third-order valence-corrected chi connectivity index (χ3v) is 3.91. The smallest absolute Gasteiger partial charge is 0.161 e. The third kappa shape index (κ3) is 4.30. The molecule has 1 N–H and O–H groups in total. The maximum atomic E-state index is 11.7. The molecule has 1 fully saturated rings. The fourth-order valence-electron chi connectivity index (χ4n) is 2.88. The van der Waals surface area contributed by atoms with Gasteiger partial charge >= 0.3 is 0 Å². The van der Waals surface area contributed by atoms with Gasteiger partial charge in [0.05, 0.1) is 11.6 Å². The predicted molar refractivity (Wildman–Crippen MR) is 84.5 cm³/mol. The number of hydrogen-bond donors (Lipinski definition) is 1. The van der Waals surface area contributed by atoms with Gasteiger partial charge in [0.25, 0.3) is 0 Å². The van der Waals surface area contributed by atoms with Gasteiger partial charge in [-0.15, -0.1) is 0 Å². The Balaban J connectivity index is 2.06. The van der Waals surface area contributed by atoms with Gasteiger partial charge in [0.1, 0.15) is 0 Å². The topological polar surface area (TPSA) is 56.1 Å². The minimum Gasteiger partial charge on any atom is -0.381 e. The van der Waals surface area contributed by atoms with Crippen LogP contribution in [-0.2, 0) is 0 Å². The standard InChI is InChI=1S/C17H23N3O/c1-13(12-20-8-4-3-5-9-20)19-17-10-15(11-18)6-7-16(17)14(2)21/h6-7,10,13,19H,3-5,8-9,12H2,1-2H3. The molecule has 4 nitrogen and oxygen atoms in total. The second kappa shape index (κ2) is 7.24. The Morgan fingerprint density at radius 1 is 1.38 bits per heavy atom. The number of nitrogens with one attached hydrogen (secondary N) is 1. The largest absolute Gasteiger partial charge is 0.381 e. The van der Waals surface area contributed by atoms with Crippen LogP contribution < -0.4 is 5.32 Å². The van der Waals surface area contributed by atoms with E-state index in [2.05, 4.69) is 23.2 Å². The summed E-state index contributed by atoms with van der Waals surface area (Å²) in [6.45, 7) is 6.96. The summed E-state index contributed by atoms with van der Waals surface area (Å²) in [5.41, 5.74) is 2.00. The Morgan fingerprint density at radius 3 is 2.71 bits per heavy atom. The Morgan fingerprint density at radius 2 is 2.10 bits per heavy atom. The zero-order valence-electron chi connectivity index (χ0n) is 12.9. The van der Waals surface area contributed by atoms with E-state index in [0.29, 0.717) is 11.1 Å². The van der Waals surface area contributed by atoms with E-state index >= 15 is 0 Å². The van der Waals surface area contributed by atoms with Gasteiger partial charge in [-0.2, -0.15) is 5.26 Å². The van der Waals surface area contributed by atoms with Crippen LogP contribution in [0.25, 0.3) is 0 Å². The Hall–Kier alpha value is -1.86. The van der Waals surface area contributed by atoms with Gasteiger partial charge in [0.2, 0.25) is 0 Å². The maximum Gasteiger partial charge on any atom is 0.161 e. The highest BCUT2D eigenvalue weighted by Crippen LogP contribution is 2.20. The van der Waals surface area contributed by atoms with Crippen LogP contribution in [0.2, 0.25) is 0 Å². The molecule has 2 rings (SSSR count). The lowest BCUT2D eigenvalue weighted by molar-refractivity contribution is 0.101. The van der Waals surface area contributed by atoms with E-state index in [1.807, 2.05) is 0 Å². The molecule has 0 spiro atoms. The molecule has 112 valence electrons. The molecule has 1 atom stereocenters. The lowest BCUT2D eigenvalue weighted by Crippen LogP contribution is -2.38. The fourth-order valence-corrected chi connectivity index (χ4v) is 2.88. The van der Waals surface area contributed by atoms with Crippen LogP contribution in [0.1, 0.15) is 49.0 Å². The van der Waals surface area contributed by atoms with E-state index in [-0.39, 0.29) is 11.8 Å². The highest BCUT2D eigenvalue weighted by molar-refractivity contribution is 5.99. The lowest BCUT2D eigenvalue weighted by atomic mass is 10.1. The molecule has 1 aromatic carbocycles. The minimum absolute atomic E-state index is 0.0205. The summed E-state index contributed by atoms with van der Waals surface area (Å²) < 4.78 is 0. The number of anilines is 1. The van der Waals surface area contributed by atoms with Gasteiger partial charge < -0.3 is 10.2 Å². The van der Waals surface area contributed by atoms with Crippen LogP contribution in [0.15, 0.2) is 18.2 Å². The Labute approximate surface area is 126 Å². The number of nitrogens with zero attached hydrogens (tertiary/aromatic N) is 2. The molecule has 1 aliphatic rings. The molecule has 1 saturated heterocycles. The highest BCUT2D eigenvalue weighted by Gasteiger charge is 2.15. The fraction of sp³-hybridized carbons (Fsp3) is 0.529. The van der Waals surface area contributed by atoms with Crippen molar-refractivity contribution >= 4 is 11.5 Å². The lowest BCUT2D eigenvalue weighted by Gasteiger charge is -2.30. The summed E-state index contributed by atoms with van der Waals surface area (Å²) in [4.78, 5) is 14.2. The number of hydrogen-bond acceptors (Lipinski definition) is 4. The van der Waals surface area contributed by atoms with Crippen LogP contribution in [0.4, 0.5) is 5.69 Å². The Bertz CT molecular complexity index is 541. The van der Waals surface area contributed by atoms with Crippen molar-refractivity contribution in [3.63, 3.8) is 0 Å². The molecule has 0 bridgehead atoms. The van der Waals surface area contributed by atoms with Crippen molar-refractivity contribution in [3.8, 4) is 6.07 Å². The molecule has 21 heavy (non-hydrogen) atoms. The van der Waals surface area contributed by atoms with Crippen molar-refractivity contribution < 1.29 is 4.79 Å². The predicted octanol–water partition coefficient (Wildman–Crippen LogP) is 3.05. The monoisotopic (exact) mass is 285 g/mol. The highest BCUT2D eigenvalue weighted by atomic mass is 16.1. The van der Waals surface area contributed by atoms with Gasteiger partial charge in [-0.25, -0.2) is 0 Å². The molecule has 1 aliphatic heterocycles. The minimum atomic E-state index is 0.0205.